The summed E-state index contributed by atoms with van der Waals surface area (Å²) in [5.74, 6) is 0.801. The monoisotopic (exact) mass is 255 g/mol. The van der Waals surface area contributed by atoms with Gasteiger partial charge in [0, 0.05) is 45.9 Å². The molecule has 0 aromatic carbocycles. The minimum Gasteiger partial charge on any atom is -0.381 e. The largest absolute Gasteiger partial charge is 0.381 e. The van der Waals surface area contributed by atoms with E-state index in [0.29, 0.717) is 5.92 Å². The van der Waals surface area contributed by atoms with E-state index in [2.05, 4.69) is 15.5 Å². The molecule has 0 radical (unpaired) electrons. The van der Waals surface area contributed by atoms with Gasteiger partial charge < -0.3 is 15.4 Å². The second-order valence-electron chi connectivity index (χ2n) is 5.27. The molecule has 0 spiro atoms. The van der Waals surface area contributed by atoms with Gasteiger partial charge in [-0.2, -0.15) is 0 Å². The SMILES string of the molecule is CC(C(=O)NCCC1CCOC1)N1CCNCC1. The van der Waals surface area contributed by atoms with Gasteiger partial charge in [0.1, 0.15) is 0 Å². The van der Waals surface area contributed by atoms with Gasteiger partial charge in [-0.05, 0) is 25.7 Å². The minimum absolute atomic E-state index is 0.00747. The molecule has 2 rings (SSSR count). The lowest BCUT2D eigenvalue weighted by Gasteiger charge is -2.31. The van der Waals surface area contributed by atoms with Gasteiger partial charge in [-0.3, -0.25) is 9.69 Å². The van der Waals surface area contributed by atoms with Crippen molar-refractivity contribution < 1.29 is 9.53 Å². The normalized spacial score (nSPS) is 27.1. The third-order valence-corrected chi connectivity index (χ3v) is 3.95. The lowest BCUT2D eigenvalue weighted by atomic mass is 10.1. The lowest BCUT2D eigenvalue weighted by molar-refractivity contribution is -0.126. The molecular formula is C13H25N3O2. The Balaban J connectivity index is 1.63. The van der Waals surface area contributed by atoms with Gasteiger partial charge >= 0.3 is 0 Å². The van der Waals surface area contributed by atoms with Crippen molar-refractivity contribution in [2.45, 2.75) is 25.8 Å². The molecule has 2 heterocycles. The maximum Gasteiger partial charge on any atom is 0.237 e. The van der Waals surface area contributed by atoms with E-state index in [1.807, 2.05) is 6.92 Å². The summed E-state index contributed by atoms with van der Waals surface area (Å²) >= 11 is 0. The van der Waals surface area contributed by atoms with Crippen molar-refractivity contribution in [1.82, 2.24) is 15.5 Å². The van der Waals surface area contributed by atoms with Crippen LogP contribution in [0.4, 0.5) is 0 Å². The van der Waals surface area contributed by atoms with Crippen molar-refractivity contribution in [2.75, 3.05) is 45.9 Å². The van der Waals surface area contributed by atoms with Gasteiger partial charge in [0.05, 0.1) is 6.04 Å². The first-order chi connectivity index (χ1) is 8.77. The summed E-state index contributed by atoms with van der Waals surface area (Å²) in [6.07, 6.45) is 2.18. The van der Waals surface area contributed by atoms with E-state index < -0.39 is 0 Å². The highest BCUT2D eigenvalue weighted by Gasteiger charge is 2.22. The Bertz CT molecular complexity index is 261. The number of piperazine rings is 1. The summed E-state index contributed by atoms with van der Waals surface area (Å²) < 4.78 is 5.33. The highest BCUT2D eigenvalue weighted by Crippen LogP contribution is 2.15. The van der Waals surface area contributed by atoms with Crippen LogP contribution in [0.5, 0.6) is 0 Å². The van der Waals surface area contributed by atoms with Crippen LogP contribution >= 0.6 is 0 Å². The Labute approximate surface area is 109 Å². The average molecular weight is 255 g/mol. The van der Waals surface area contributed by atoms with Gasteiger partial charge in [-0.1, -0.05) is 0 Å². The Morgan fingerprint density at radius 2 is 2.28 bits per heavy atom. The maximum atomic E-state index is 12.0. The van der Waals surface area contributed by atoms with Crippen molar-refractivity contribution in [3.05, 3.63) is 0 Å². The Morgan fingerprint density at radius 1 is 1.50 bits per heavy atom. The number of hydrogen-bond acceptors (Lipinski definition) is 4. The Morgan fingerprint density at radius 3 is 2.94 bits per heavy atom. The fourth-order valence-electron chi connectivity index (χ4n) is 2.59. The number of nitrogens with zero attached hydrogens (tertiary/aromatic N) is 1. The predicted molar refractivity (Wildman–Crippen MR) is 70.5 cm³/mol. The van der Waals surface area contributed by atoms with E-state index in [9.17, 15) is 4.79 Å². The molecule has 2 saturated heterocycles. The zero-order valence-corrected chi connectivity index (χ0v) is 11.3. The Hall–Kier alpha value is -0.650. The van der Waals surface area contributed by atoms with Gasteiger partial charge in [-0.15, -0.1) is 0 Å². The van der Waals surface area contributed by atoms with E-state index in [0.717, 1.165) is 58.8 Å². The molecule has 2 aliphatic rings. The molecule has 0 saturated carbocycles. The van der Waals surface area contributed by atoms with Gasteiger partial charge in [-0.25, -0.2) is 0 Å². The van der Waals surface area contributed by atoms with Crippen LogP contribution in [0.3, 0.4) is 0 Å². The molecule has 5 nitrogen and oxygen atoms in total. The molecule has 0 bridgehead atoms. The molecule has 0 aromatic heterocycles. The summed E-state index contributed by atoms with van der Waals surface area (Å²) in [7, 11) is 0. The fraction of sp³-hybridized carbons (Fsp3) is 0.923. The molecule has 2 unspecified atom stereocenters. The van der Waals surface area contributed by atoms with E-state index in [1.54, 1.807) is 0 Å². The number of ether oxygens (including phenoxy) is 1. The number of nitrogens with one attached hydrogen (secondary N) is 2. The van der Waals surface area contributed by atoms with Gasteiger partial charge in [0.2, 0.25) is 5.91 Å². The van der Waals surface area contributed by atoms with Gasteiger partial charge in [0.15, 0.2) is 0 Å². The van der Waals surface area contributed by atoms with Crippen LogP contribution in [0.1, 0.15) is 19.8 Å². The molecule has 5 heteroatoms. The molecule has 2 atom stereocenters. The molecule has 0 aliphatic carbocycles. The standard InChI is InChI=1S/C13H25N3O2/c1-11(16-7-5-14-6-8-16)13(17)15-4-2-12-3-9-18-10-12/h11-12,14H,2-10H2,1H3,(H,15,17). The number of carbonyl (C=O) groups is 1. The summed E-state index contributed by atoms with van der Waals surface area (Å²) in [5.41, 5.74) is 0. The van der Waals surface area contributed by atoms with Crippen LogP contribution in [0, 0.1) is 5.92 Å². The molecule has 2 aliphatic heterocycles. The summed E-state index contributed by atoms with van der Waals surface area (Å²) in [5, 5.41) is 6.35. The maximum absolute atomic E-state index is 12.0. The highest BCUT2D eigenvalue weighted by atomic mass is 16.5. The quantitative estimate of drug-likeness (QED) is 0.716. The van der Waals surface area contributed by atoms with Crippen LogP contribution in [0.25, 0.3) is 0 Å². The highest BCUT2D eigenvalue weighted by molar-refractivity contribution is 5.81. The third-order valence-electron chi connectivity index (χ3n) is 3.95. The first-order valence-corrected chi connectivity index (χ1v) is 7.07. The van der Waals surface area contributed by atoms with Crippen LogP contribution in [-0.4, -0.2) is 62.8 Å². The molecule has 0 aromatic rings. The van der Waals surface area contributed by atoms with E-state index in [-0.39, 0.29) is 11.9 Å². The zero-order chi connectivity index (χ0) is 12.8. The molecule has 1 amide bonds. The van der Waals surface area contributed by atoms with Crippen LogP contribution < -0.4 is 10.6 Å². The predicted octanol–water partition coefficient (Wildman–Crippen LogP) is -0.177. The Kier molecular flexibility index (Phi) is 5.41. The first-order valence-electron chi connectivity index (χ1n) is 7.07. The minimum atomic E-state index is -0.00747. The summed E-state index contributed by atoms with van der Waals surface area (Å²) in [4.78, 5) is 14.3. The van der Waals surface area contributed by atoms with Crippen molar-refractivity contribution in [3.8, 4) is 0 Å². The topological polar surface area (TPSA) is 53.6 Å². The van der Waals surface area contributed by atoms with E-state index in [4.69, 9.17) is 4.74 Å². The molecular weight excluding hydrogens is 230 g/mol. The summed E-state index contributed by atoms with van der Waals surface area (Å²) in [6.45, 7) is 8.42. The van der Waals surface area contributed by atoms with Gasteiger partial charge in [0.25, 0.3) is 0 Å². The number of amides is 1. The van der Waals surface area contributed by atoms with Crippen molar-refractivity contribution >= 4 is 5.91 Å². The lowest BCUT2D eigenvalue weighted by Crippen LogP contribution is -2.52. The first kappa shape index (κ1) is 13.8. The zero-order valence-electron chi connectivity index (χ0n) is 11.3. The number of carbonyl (C=O) groups excluding carboxylic acids is 1. The summed E-state index contributed by atoms with van der Waals surface area (Å²) in [6, 6.07) is -0.00747. The van der Waals surface area contributed by atoms with E-state index in [1.165, 1.54) is 0 Å². The van der Waals surface area contributed by atoms with Crippen LogP contribution in [0.15, 0.2) is 0 Å². The van der Waals surface area contributed by atoms with Crippen LogP contribution in [-0.2, 0) is 9.53 Å². The molecule has 2 fully saturated rings. The average Bonchev–Trinajstić information content (AvgIpc) is 2.92. The molecule has 2 N–H and O–H groups in total. The van der Waals surface area contributed by atoms with E-state index >= 15 is 0 Å². The van der Waals surface area contributed by atoms with Crippen molar-refractivity contribution in [1.29, 1.82) is 0 Å². The molecule has 18 heavy (non-hydrogen) atoms. The number of hydrogen-bond donors (Lipinski definition) is 2. The third kappa shape index (κ3) is 3.93. The van der Waals surface area contributed by atoms with Crippen LogP contribution in [0.2, 0.25) is 0 Å². The fourth-order valence-corrected chi connectivity index (χ4v) is 2.59. The number of rotatable bonds is 5. The second-order valence-corrected chi connectivity index (χ2v) is 5.27. The second kappa shape index (κ2) is 7.07. The molecule has 104 valence electrons. The smallest absolute Gasteiger partial charge is 0.237 e. The van der Waals surface area contributed by atoms with Crippen molar-refractivity contribution in [3.63, 3.8) is 0 Å². The van der Waals surface area contributed by atoms with Crippen molar-refractivity contribution in [2.24, 2.45) is 5.92 Å².